The van der Waals surface area contributed by atoms with Gasteiger partial charge in [-0.3, -0.25) is 0 Å². The highest BCUT2D eigenvalue weighted by molar-refractivity contribution is 9.08. The van der Waals surface area contributed by atoms with Gasteiger partial charge in [-0.1, -0.05) is 28.1 Å². The number of hydrogen-bond acceptors (Lipinski definition) is 5. The van der Waals surface area contributed by atoms with Gasteiger partial charge in [0.25, 0.3) is 0 Å². The molecule has 120 valence electrons. The van der Waals surface area contributed by atoms with Gasteiger partial charge in [0.2, 0.25) is 5.89 Å². The molecule has 0 unspecified atom stereocenters. The lowest BCUT2D eigenvalue weighted by Gasteiger charge is -2.10. The Balaban J connectivity index is 2.12. The van der Waals surface area contributed by atoms with Crippen LogP contribution in [-0.4, -0.2) is 26.0 Å². The zero-order valence-electron chi connectivity index (χ0n) is 12.8. The van der Waals surface area contributed by atoms with E-state index < -0.39 is 0 Å². The predicted octanol–water partition coefficient (Wildman–Crippen LogP) is 4.38. The fourth-order valence-corrected chi connectivity index (χ4v) is 2.73. The van der Waals surface area contributed by atoms with Crippen LogP contribution in [0, 0.1) is 0 Å². The molecular weight excluding hydrogens is 362 g/mol. The van der Waals surface area contributed by atoms with Crippen LogP contribution >= 0.6 is 15.9 Å². The summed E-state index contributed by atoms with van der Waals surface area (Å²) in [5, 5.41) is 0.710. The van der Waals surface area contributed by atoms with Gasteiger partial charge in [0, 0.05) is 12.4 Å². The second kappa shape index (κ2) is 7.02. The van der Waals surface area contributed by atoms with Crippen molar-refractivity contribution in [3.63, 3.8) is 0 Å². The third-order valence-electron chi connectivity index (χ3n) is 3.40. The molecule has 0 aliphatic heterocycles. The number of oxazole rings is 1. The van der Waals surface area contributed by atoms with Crippen molar-refractivity contribution in [3.05, 3.63) is 42.0 Å². The highest BCUT2D eigenvalue weighted by Crippen LogP contribution is 2.35. The smallest absolute Gasteiger partial charge is 0.231 e. The maximum absolute atomic E-state index is 5.91. The Labute approximate surface area is 142 Å². The standard InChI is InChI=1S/C17H16BrNO4/c1-20-10-22-14-7-6-12(21-2)8-13(14)17-19-16-11(9-18)4-3-5-15(16)23-17/h3-8H,9-10H2,1-2H3. The van der Waals surface area contributed by atoms with Crippen LogP contribution < -0.4 is 9.47 Å². The lowest BCUT2D eigenvalue weighted by molar-refractivity contribution is 0.0514. The minimum Gasteiger partial charge on any atom is -0.497 e. The highest BCUT2D eigenvalue weighted by atomic mass is 79.9. The first-order valence-electron chi connectivity index (χ1n) is 7.01. The molecule has 0 radical (unpaired) electrons. The van der Waals surface area contributed by atoms with E-state index in [2.05, 4.69) is 20.9 Å². The third kappa shape index (κ3) is 3.18. The number of fused-ring (bicyclic) bond motifs is 1. The van der Waals surface area contributed by atoms with Crippen molar-refractivity contribution >= 4 is 27.0 Å². The second-order valence-electron chi connectivity index (χ2n) is 4.83. The molecule has 1 aromatic heterocycles. The zero-order valence-corrected chi connectivity index (χ0v) is 14.4. The summed E-state index contributed by atoms with van der Waals surface area (Å²) in [6, 6.07) is 11.3. The topological polar surface area (TPSA) is 53.7 Å². The van der Waals surface area contributed by atoms with E-state index in [-0.39, 0.29) is 6.79 Å². The lowest BCUT2D eigenvalue weighted by atomic mass is 10.2. The number of nitrogens with zero attached hydrogens (tertiary/aromatic N) is 1. The summed E-state index contributed by atoms with van der Waals surface area (Å²) in [4.78, 5) is 4.62. The number of rotatable bonds is 6. The van der Waals surface area contributed by atoms with Gasteiger partial charge in [-0.2, -0.15) is 0 Å². The van der Waals surface area contributed by atoms with Crippen LogP contribution in [0.5, 0.6) is 11.5 Å². The molecule has 0 bridgehead atoms. The highest BCUT2D eigenvalue weighted by Gasteiger charge is 2.16. The van der Waals surface area contributed by atoms with Crippen LogP contribution in [0.25, 0.3) is 22.6 Å². The first-order chi connectivity index (χ1) is 11.3. The van der Waals surface area contributed by atoms with Gasteiger partial charge in [0.15, 0.2) is 12.4 Å². The van der Waals surface area contributed by atoms with Gasteiger partial charge in [0.05, 0.1) is 12.7 Å². The van der Waals surface area contributed by atoms with Crippen LogP contribution in [-0.2, 0) is 10.1 Å². The average molecular weight is 378 g/mol. The minimum absolute atomic E-state index is 0.145. The van der Waals surface area contributed by atoms with E-state index in [1.807, 2.05) is 36.4 Å². The summed E-state index contributed by atoms with van der Waals surface area (Å²) in [7, 11) is 3.19. The van der Waals surface area contributed by atoms with Crippen molar-refractivity contribution in [1.29, 1.82) is 0 Å². The molecule has 0 fully saturated rings. The van der Waals surface area contributed by atoms with Gasteiger partial charge in [-0.05, 0) is 29.8 Å². The van der Waals surface area contributed by atoms with E-state index in [0.29, 0.717) is 22.7 Å². The molecule has 0 amide bonds. The molecule has 0 N–H and O–H groups in total. The Hall–Kier alpha value is -2.05. The van der Waals surface area contributed by atoms with Crippen LogP contribution in [0.1, 0.15) is 5.56 Å². The number of halogens is 1. The van der Waals surface area contributed by atoms with E-state index in [4.69, 9.17) is 18.6 Å². The molecule has 0 saturated carbocycles. The van der Waals surface area contributed by atoms with Crippen molar-refractivity contribution in [2.45, 2.75) is 5.33 Å². The van der Waals surface area contributed by atoms with Gasteiger partial charge < -0.3 is 18.6 Å². The van der Waals surface area contributed by atoms with E-state index in [1.165, 1.54) is 0 Å². The quantitative estimate of drug-likeness (QED) is 0.471. The molecule has 3 rings (SSSR count). The monoisotopic (exact) mass is 377 g/mol. The summed E-state index contributed by atoms with van der Waals surface area (Å²) in [6.45, 7) is 0.145. The van der Waals surface area contributed by atoms with Crippen LogP contribution in [0.4, 0.5) is 0 Å². The fraction of sp³-hybridized carbons (Fsp3) is 0.235. The van der Waals surface area contributed by atoms with Gasteiger partial charge in [0.1, 0.15) is 17.0 Å². The molecule has 0 aliphatic rings. The van der Waals surface area contributed by atoms with Crippen molar-refractivity contribution in [2.75, 3.05) is 21.0 Å². The molecule has 0 spiro atoms. The number of aromatic nitrogens is 1. The van der Waals surface area contributed by atoms with E-state index in [9.17, 15) is 0 Å². The van der Waals surface area contributed by atoms with Gasteiger partial charge >= 0.3 is 0 Å². The normalized spacial score (nSPS) is 10.9. The van der Waals surface area contributed by atoms with Gasteiger partial charge in [-0.25, -0.2) is 4.98 Å². The van der Waals surface area contributed by atoms with Crippen molar-refractivity contribution in [2.24, 2.45) is 0 Å². The fourth-order valence-electron chi connectivity index (χ4n) is 2.28. The molecule has 3 aromatic rings. The average Bonchev–Trinajstić information content (AvgIpc) is 3.03. The molecule has 5 nitrogen and oxygen atoms in total. The summed E-state index contributed by atoms with van der Waals surface area (Å²) < 4.78 is 21.8. The summed E-state index contributed by atoms with van der Waals surface area (Å²) in [5.41, 5.74) is 3.36. The molecule has 1 heterocycles. The molecule has 0 atom stereocenters. The molecule has 0 aliphatic carbocycles. The molecular formula is C17H16BrNO4. The Kier molecular flexibility index (Phi) is 4.83. The summed E-state index contributed by atoms with van der Waals surface area (Å²) in [6.07, 6.45) is 0. The van der Waals surface area contributed by atoms with Crippen molar-refractivity contribution in [1.82, 2.24) is 4.98 Å². The van der Waals surface area contributed by atoms with Crippen molar-refractivity contribution in [3.8, 4) is 23.0 Å². The number of methoxy groups -OCH3 is 2. The largest absolute Gasteiger partial charge is 0.497 e. The van der Waals surface area contributed by atoms with Crippen molar-refractivity contribution < 1.29 is 18.6 Å². The molecule has 2 aromatic carbocycles. The first kappa shape index (κ1) is 15.8. The predicted molar refractivity (Wildman–Crippen MR) is 91.1 cm³/mol. The Bertz CT molecular complexity index is 815. The van der Waals surface area contributed by atoms with Crippen LogP contribution in [0.15, 0.2) is 40.8 Å². The summed E-state index contributed by atoms with van der Waals surface area (Å²) in [5.74, 6) is 1.81. The molecule has 6 heteroatoms. The zero-order chi connectivity index (χ0) is 16.2. The Morgan fingerprint density at radius 3 is 2.78 bits per heavy atom. The minimum atomic E-state index is 0.145. The molecule has 0 saturated heterocycles. The molecule has 23 heavy (non-hydrogen) atoms. The maximum Gasteiger partial charge on any atom is 0.231 e. The van der Waals surface area contributed by atoms with Gasteiger partial charge in [-0.15, -0.1) is 0 Å². The van der Waals surface area contributed by atoms with Crippen LogP contribution in [0.3, 0.4) is 0 Å². The third-order valence-corrected chi connectivity index (χ3v) is 4.00. The SMILES string of the molecule is COCOc1ccc(OC)cc1-c1nc2c(CBr)cccc2o1. The first-order valence-corrected chi connectivity index (χ1v) is 8.13. The second-order valence-corrected chi connectivity index (χ2v) is 5.39. The number of para-hydroxylation sites is 1. The summed E-state index contributed by atoms with van der Waals surface area (Å²) >= 11 is 3.47. The number of benzene rings is 2. The van der Waals surface area contributed by atoms with Crippen LogP contribution in [0.2, 0.25) is 0 Å². The maximum atomic E-state index is 5.91. The Morgan fingerprint density at radius 1 is 1.17 bits per heavy atom. The number of alkyl halides is 1. The van der Waals surface area contributed by atoms with E-state index in [1.54, 1.807) is 14.2 Å². The van der Waals surface area contributed by atoms with E-state index in [0.717, 1.165) is 22.2 Å². The van der Waals surface area contributed by atoms with E-state index >= 15 is 0 Å². The number of hydrogen-bond donors (Lipinski definition) is 0. The number of ether oxygens (including phenoxy) is 3. The lowest BCUT2D eigenvalue weighted by Crippen LogP contribution is -2.00. The Morgan fingerprint density at radius 2 is 2.04 bits per heavy atom.